The molecule has 1 fully saturated rings. The van der Waals surface area contributed by atoms with Crippen molar-refractivity contribution in [3.05, 3.63) is 30.0 Å². The third kappa shape index (κ3) is 3.08. The molecule has 0 bridgehead atoms. The molecule has 1 aromatic carbocycles. The zero-order valence-corrected chi connectivity index (χ0v) is 12.6. The van der Waals surface area contributed by atoms with Gasteiger partial charge in [-0.3, -0.25) is 9.89 Å². The first kappa shape index (κ1) is 14.1. The van der Waals surface area contributed by atoms with Crippen LogP contribution in [0, 0.1) is 0 Å². The zero-order chi connectivity index (χ0) is 14.8. The number of hydrogen-bond acceptors (Lipinski definition) is 3. The van der Waals surface area contributed by atoms with Crippen LogP contribution >= 0.6 is 0 Å². The SMILES string of the molecule is CN(C)[C@@H]1CCC[C@@H](NC(=O)c2ccc3[nH]ncc3c2)C1. The summed E-state index contributed by atoms with van der Waals surface area (Å²) in [4.78, 5) is 14.7. The van der Waals surface area contributed by atoms with Crippen LogP contribution in [0.25, 0.3) is 10.9 Å². The summed E-state index contributed by atoms with van der Waals surface area (Å²) >= 11 is 0. The minimum Gasteiger partial charge on any atom is -0.349 e. The van der Waals surface area contributed by atoms with Crippen molar-refractivity contribution in [3.8, 4) is 0 Å². The zero-order valence-electron chi connectivity index (χ0n) is 12.6. The number of nitrogens with one attached hydrogen (secondary N) is 2. The summed E-state index contributed by atoms with van der Waals surface area (Å²) in [6.45, 7) is 0. The third-order valence-corrected chi connectivity index (χ3v) is 4.41. The summed E-state index contributed by atoms with van der Waals surface area (Å²) in [6, 6.07) is 6.49. The van der Waals surface area contributed by atoms with Crippen molar-refractivity contribution in [3.63, 3.8) is 0 Å². The summed E-state index contributed by atoms with van der Waals surface area (Å²) in [7, 11) is 4.23. The maximum atomic E-state index is 12.4. The Balaban J connectivity index is 1.67. The Morgan fingerprint density at radius 1 is 1.38 bits per heavy atom. The smallest absolute Gasteiger partial charge is 0.251 e. The lowest BCUT2D eigenvalue weighted by Crippen LogP contribution is -2.43. The minimum absolute atomic E-state index is 0.0162. The fraction of sp³-hybridized carbons (Fsp3) is 0.500. The van der Waals surface area contributed by atoms with E-state index in [9.17, 15) is 4.79 Å². The topological polar surface area (TPSA) is 61.0 Å². The molecular formula is C16H22N4O. The predicted molar refractivity (Wildman–Crippen MR) is 83.3 cm³/mol. The summed E-state index contributed by atoms with van der Waals surface area (Å²) in [6.07, 6.45) is 6.25. The van der Waals surface area contributed by atoms with Gasteiger partial charge in [0.25, 0.3) is 5.91 Å². The van der Waals surface area contributed by atoms with E-state index in [0.717, 1.165) is 23.7 Å². The molecule has 0 saturated heterocycles. The Labute approximate surface area is 124 Å². The van der Waals surface area contributed by atoms with E-state index >= 15 is 0 Å². The van der Waals surface area contributed by atoms with Gasteiger partial charge in [-0.25, -0.2) is 0 Å². The van der Waals surface area contributed by atoms with Gasteiger partial charge in [0, 0.05) is 23.0 Å². The Morgan fingerprint density at radius 2 is 2.24 bits per heavy atom. The highest BCUT2D eigenvalue weighted by atomic mass is 16.1. The molecule has 5 nitrogen and oxygen atoms in total. The van der Waals surface area contributed by atoms with Crippen molar-refractivity contribution in [2.75, 3.05) is 14.1 Å². The molecule has 112 valence electrons. The van der Waals surface area contributed by atoms with Crippen molar-refractivity contribution >= 4 is 16.8 Å². The van der Waals surface area contributed by atoms with E-state index in [1.807, 2.05) is 18.2 Å². The Kier molecular flexibility index (Phi) is 3.92. The molecule has 3 rings (SSSR count). The maximum absolute atomic E-state index is 12.4. The number of rotatable bonds is 3. The van der Waals surface area contributed by atoms with Crippen molar-refractivity contribution in [1.82, 2.24) is 20.4 Å². The van der Waals surface area contributed by atoms with Crippen LogP contribution in [-0.4, -0.2) is 47.2 Å². The average molecular weight is 286 g/mol. The summed E-state index contributed by atoms with van der Waals surface area (Å²) in [5.74, 6) is 0.0162. The first-order valence-electron chi connectivity index (χ1n) is 7.54. The Morgan fingerprint density at radius 3 is 3.05 bits per heavy atom. The summed E-state index contributed by atoms with van der Waals surface area (Å²) < 4.78 is 0. The molecule has 1 aliphatic rings. The number of aromatic nitrogens is 2. The fourth-order valence-electron chi connectivity index (χ4n) is 3.12. The molecule has 1 aliphatic carbocycles. The highest BCUT2D eigenvalue weighted by molar-refractivity contribution is 5.98. The van der Waals surface area contributed by atoms with Crippen LogP contribution in [0.2, 0.25) is 0 Å². The Bertz CT molecular complexity index is 634. The minimum atomic E-state index is 0.0162. The van der Waals surface area contributed by atoms with Gasteiger partial charge < -0.3 is 10.2 Å². The lowest BCUT2D eigenvalue weighted by Gasteiger charge is -2.33. The van der Waals surface area contributed by atoms with Gasteiger partial charge >= 0.3 is 0 Å². The highest BCUT2D eigenvalue weighted by Gasteiger charge is 2.24. The van der Waals surface area contributed by atoms with Gasteiger partial charge in [0.2, 0.25) is 0 Å². The van der Waals surface area contributed by atoms with E-state index in [1.165, 1.54) is 12.8 Å². The van der Waals surface area contributed by atoms with Crippen molar-refractivity contribution < 1.29 is 4.79 Å². The number of hydrogen-bond donors (Lipinski definition) is 2. The molecule has 0 spiro atoms. The van der Waals surface area contributed by atoms with Crippen LogP contribution < -0.4 is 5.32 Å². The van der Waals surface area contributed by atoms with Gasteiger partial charge in [-0.15, -0.1) is 0 Å². The normalized spacial score (nSPS) is 22.6. The predicted octanol–water partition coefficient (Wildman–Crippen LogP) is 2.17. The van der Waals surface area contributed by atoms with Crippen molar-refractivity contribution in [2.45, 2.75) is 37.8 Å². The molecule has 0 aliphatic heterocycles. The van der Waals surface area contributed by atoms with Crippen molar-refractivity contribution in [2.24, 2.45) is 0 Å². The van der Waals surface area contributed by atoms with E-state index in [2.05, 4.69) is 34.5 Å². The van der Waals surface area contributed by atoms with E-state index in [-0.39, 0.29) is 11.9 Å². The molecule has 0 radical (unpaired) electrons. The largest absolute Gasteiger partial charge is 0.349 e. The van der Waals surface area contributed by atoms with Crippen molar-refractivity contribution in [1.29, 1.82) is 0 Å². The number of nitrogens with zero attached hydrogens (tertiary/aromatic N) is 2. The van der Waals surface area contributed by atoms with E-state index in [4.69, 9.17) is 0 Å². The lowest BCUT2D eigenvalue weighted by atomic mass is 9.90. The number of amides is 1. The van der Waals surface area contributed by atoms with Crippen LogP contribution in [-0.2, 0) is 0 Å². The molecule has 2 atom stereocenters. The molecule has 1 amide bonds. The van der Waals surface area contributed by atoms with Crippen LogP contribution in [0.4, 0.5) is 0 Å². The molecule has 1 heterocycles. The summed E-state index contributed by atoms with van der Waals surface area (Å²) in [5.41, 5.74) is 1.66. The lowest BCUT2D eigenvalue weighted by molar-refractivity contribution is 0.0911. The molecule has 1 aromatic heterocycles. The van der Waals surface area contributed by atoms with E-state index in [1.54, 1.807) is 6.20 Å². The average Bonchev–Trinajstić information content (AvgIpc) is 2.94. The van der Waals surface area contributed by atoms with Gasteiger partial charge in [-0.1, -0.05) is 0 Å². The molecular weight excluding hydrogens is 264 g/mol. The first-order chi connectivity index (χ1) is 10.1. The Hall–Kier alpha value is -1.88. The number of carbonyl (C=O) groups excluding carboxylic acids is 1. The van der Waals surface area contributed by atoms with Crippen LogP contribution in [0.3, 0.4) is 0 Å². The quantitative estimate of drug-likeness (QED) is 0.909. The molecule has 0 unspecified atom stereocenters. The summed E-state index contributed by atoms with van der Waals surface area (Å²) in [5, 5.41) is 11.0. The second-order valence-electron chi connectivity index (χ2n) is 6.13. The van der Waals surface area contributed by atoms with E-state index < -0.39 is 0 Å². The highest BCUT2D eigenvalue weighted by Crippen LogP contribution is 2.22. The standard InChI is InChI=1S/C16H22N4O/c1-20(2)14-5-3-4-13(9-14)18-16(21)11-6-7-15-12(8-11)10-17-19-15/h6-8,10,13-14H,3-5,9H2,1-2H3,(H,17,19)(H,18,21)/t13-,14-/m1/s1. The van der Waals surface area contributed by atoms with Gasteiger partial charge in [-0.05, 0) is 58.0 Å². The number of benzene rings is 1. The van der Waals surface area contributed by atoms with Gasteiger partial charge in [-0.2, -0.15) is 5.10 Å². The molecule has 5 heteroatoms. The van der Waals surface area contributed by atoms with Crippen LogP contribution in [0.1, 0.15) is 36.0 Å². The third-order valence-electron chi connectivity index (χ3n) is 4.41. The monoisotopic (exact) mass is 286 g/mol. The van der Waals surface area contributed by atoms with Crippen LogP contribution in [0.15, 0.2) is 24.4 Å². The van der Waals surface area contributed by atoms with E-state index in [0.29, 0.717) is 11.6 Å². The second-order valence-corrected chi connectivity index (χ2v) is 6.13. The number of H-pyrrole nitrogens is 1. The molecule has 2 aromatic rings. The number of fused-ring (bicyclic) bond motifs is 1. The second kappa shape index (κ2) is 5.85. The van der Waals surface area contributed by atoms with Crippen LogP contribution in [0.5, 0.6) is 0 Å². The van der Waals surface area contributed by atoms with Gasteiger partial charge in [0.1, 0.15) is 0 Å². The number of carbonyl (C=O) groups is 1. The molecule has 1 saturated carbocycles. The first-order valence-corrected chi connectivity index (χ1v) is 7.54. The maximum Gasteiger partial charge on any atom is 0.251 e. The molecule has 21 heavy (non-hydrogen) atoms. The number of aromatic amines is 1. The van der Waals surface area contributed by atoms with Gasteiger partial charge in [0.15, 0.2) is 0 Å². The molecule has 2 N–H and O–H groups in total. The fourth-order valence-corrected chi connectivity index (χ4v) is 3.12. The van der Waals surface area contributed by atoms with Gasteiger partial charge in [0.05, 0.1) is 11.7 Å².